The van der Waals surface area contributed by atoms with Crippen LogP contribution in [-0.2, 0) is 9.53 Å². The number of azo groups is 1. The third-order valence-electron chi connectivity index (χ3n) is 2.45. The number of esters is 1. The zero-order chi connectivity index (χ0) is 15.1. The maximum absolute atomic E-state index is 11.7. The van der Waals surface area contributed by atoms with Gasteiger partial charge in [0.25, 0.3) is 5.84 Å². The Morgan fingerprint density at radius 2 is 1.67 bits per heavy atom. The van der Waals surface area contributed by atoms with Crippen molar-refractivity contribution in [1.29, 1.82) is 0 Å². The summed E-state index contributed by atoms with van der Waals surface area (Å²) in [6, 6.07) is 15.7. The van der Waals surface area contributed by atoms with Gasteiger partial charge in [0.05, 0.1) is 18.5 Å². The van der Waals surface area contributed by atoms with Gasteiger partial charge >= 0.3 is 5.97 Å². The van der Waals surface area contributed by atoms with Gasteiger partial charge in [-0.15, -0.1) is 10.2 Å². The second kappa shape index (κ2) is 7.31. The van der Waals surface area contributed by atoms with Gasteiger partial charge < -0.3 is 4.74 Å². The minimum Gasteiger partial charge on any atom is -0.463 e. The predicted octanol–water partition coefficient (Wildman–Crippen LogP) is 4.33. The minimum atomic E-state index is -0.662. The van der Waals surface area contributed by atoms with Crippen molar-refractivity contribution in [1.82, 2.24) is 0 Å². The highest BCUT2D eigenvalue weighted by molar-refractivity contribution is 6.36. The zero-order valence-corrected chi connectivity index (χ0v) is 12.0. The molecule has 0 heterocycles. The summed E-state index contributed by atoms with van der Waals surface area (Å²) in [4.78, 5) is 15.8. The zero-order valence-electron chi connectivity index (χ0n) is 11.2. The molecule has 0 aromatic heterocycles. The number of ether oxygens (including phenoxy) is 1. The van der Waals surface area contributed by atoms with E-state index in [4.69, 9.17) is 11.6 Å². The molecule has 0 aliphatic heterocycles. The number of hydrogen-bond donors (Lipinski definition) is 0. The molecular formula is C15H12ClN3O2. The fraction of sp³-hybridized carbons (Fsp3) is 0.0667. The SMILES string of the molecule is COC(=O)C(N=Nc1ccccc1)=Nc1ccc(Cl)cc1. The van der Waals surface area contributed by atoms with Gasteiger partial charge in [0, 0.05) is 5.02 Å². The van der Waals surface area contributed by atoms with Gasteiger partial charge in [0.2, 0.25) is 0 Å². The van der Waals surface area contributed by atoms with E-state index in [0.29, 0.717) is 16.4 Å². The fourth-order valence-electron chi connectivity index (χ4n) is 1.44. The van der Waals surface area contributed by atoms with E-state index in [1.54, 1.807) is 36.4 Å². The van der Waals surface area contributed by atoms with Crippen molar-refractivity contribution in [2.24, 2.45) is 15.2 Å². The number of hydrogen-bond acceptors (Lipinski definition) is 4. The number of halogens is 1. The maximum atomic E-state index is 11.7. The quantitative estimate of drug-likeness (QED) is 0.359. The number of benzene rings is 2. The lowest BCUT2D eigenvalue weighted by molar-refractivity contribution is -0.132. The topological polar surface area (TPSA) is 63.4 Å². The summed E-state index contributed by atoms with van der Waals surface area (Å²) < 4.78 is 4.65. The Balaban J connectivity index is 2.28. The highest BCUT2D eigenvalue weighted by Crippen LogP contribution is 2.17. The molecule has 0 spiro atoms. The van der Waals surface area contributed by atoms with Crippen LogP contribution in [0.4, 0.5) is 11.4 Å². The molecule has 0 atom stereocenters. The Labute approximate surface area is 127 Å². The number of carbonyl (C=O) groups excluding carboxylic acids is 1. The number of carbonyl (C=O) groups is 1. The molecule has 2 aromatic rings. The summed E-state index contributed by atoms with van der Waals surface area (Å²) >= 11 is 5.80. The van der Waals surface area contributed by atoms with Crippen molar-refractivity contribution in [3.8, 4) is 0 Å². The van der Waals surface area contributed by atoms with Crippen LogP contribution in [0, 0.1) is 0 Å². The van der Waals surface area contributed by atoms with Crippen molar-refractivity contribution in [3.05, 3.63) is 59.6 Å². The van der Waals surface area contributed by atoms with Gasteiger partial charge in [-0.3, -0.25) is 0 Å². The first-order valence-corrected chi connectivity index (χ1v) is 6.46. The lowest BCUT2D eigenvalue weighted by Gasteiger charge is -1.99. The minimum absolute atomic E-state index is 0.135. The van der Waals surface area contributed by atoms with Gasteiger partial charge in [-0.25, -0.2) is 9.79 Å². The van der Waals surface area contributed by atoms with Gasteiger partial charge in [0.15, 0.2) is 0 Å². The number of aliphatic imine (C=N–C) groups is 1. The molecule has 0 saturated heterocycles. The van der Waals surface area contributed by atoms with Crippen molar-refractivity contribution in [3.63, 3.8) is 0 Å². The summed E-state index contributed by atoms with van der Waals surface area (Å²) in [5, 5.41) is 8.39. The number of nitrogens with zero attached hydrogens (tertiary/aromatic N) is 3. The third kappa shape index (κ3) is 4.50. The molecule has 6 heteroatoms. The Hall–Kier alpha value is -2.53. The first-order valence-electron chi connectivity index (χ1n) is 6.08. The first kappa shape index (κ1) is 14.9. The molecular weight excluding hydrogens is 290 g/mol. The molecule has 5 nitrogen and oxygen atoms in total. The summed E-state index contributed by atoms with van der Waals surface area (Å²) in [6.07, 6.45) is 0. The normalized spacial score (nSPS) is 11.6. The van der Waals surface area contributed by atoms with E-state index < -0.39 is 5.97 Å². The van der Waals surface area contributed by atoms with Crippen LogP contribution in [0.2, 0.25) is 5.02 Å². The highest BCUT2D eigenvalue weighted by Gasteiger charge is 2.11. The maximum Gasteiger partial charge on any atom is 0.378 e. The average Bonchev–Trinajstić information content (AvgIpc) is 2.53. The van der Waals surface area contributed by atoms with Crippen LogP contribution in [0.5, 0.6) is 0 Å². The van der Waals surface area contributed by atoms with E-state index >= 15 is 0 Å². The third-order valence-corrected chi connectivity index (χ3v) is 2.70. The van der Waals surface area contributed by atoms with Gasteiger partial charge in [-0.2, -0.15) is 0 Å². The van der Waals surface area contributed by atoms with Crippen LogP contribution in [0.3, 0.4) is 0 Å². The van der Waals surface area contributed by atoms with Crippen LogP contribution < -0.4 is 0 Å². The van der Waals surface area contributed by atoms with Crippen molar-refractivity contribution in [2.75, 3.05) is 7.11 Å². The molecule has 0 N–H and O–H groups in total. The summed E-state index contributed by atoms with van der Waals surface area (Å²) in [5.74, 6) is -0.798. The molecule has 2 aromatic carbocycles. The van der Waals surface area contributed by atoms with E-state index in [2.05, 4.69) is 20.0 Å². The lowest BCUT2D eigenvalue weighted by Crippen LogP contribution is -2.12. The number of rotatable bonds is 2. The molecule has 0 bridgehead atoms. The molecule has 21 heavy (non-hydrogen) atoms. The molecule has 2 rings (SSSR count). The monoisotopic (exact) mass is 301 g/mol. The summed E-state index contributed by atoms with van der Waals surface area (Å²) in [5.41, 5.74) is 1.15. The molecule has 0 radical (unpaired) electrons. The number of methoxy groups -OCH3 is 1. The summed E-state index contributed by atoms with van der Waals surface area (Å²) in [6.45, 7) is 0. The summed E-state index contributed by atoms with van der Waals surface area (Å²) in [7, 11) is 1.26. The van der Waals surface area contributed by atoms with Crippen LogP contribution >= 0.6 is 11.6 Å². The van der Waals surface area contributed by atoms with Gasteiger partial charge in [-0.05, 0) is 36.4 Å². The van der Waals surface area contributed by atoms with Gasteiger partial charge in [-0.1, -0.05) is 29.8 Å². The Kier molecular flexibility index (Phi) is 5.17. The molecule has 0 unspecified atom stereocenters. The van der Waals surface area contributed by atoms with E-state index in [0.717, 1.165) is 0 Å². The van der Waals surface area contributed by atoms with Crippen LogP contribution in [0.1, 0.15) is 0 Å². The fourth-order valence-corrected chi connectivity index (χ4v) is 1.56. The lowest BCUT2D eigenvalue weighted by atomic mass is 10.3. The van der Waals surface area contributed by atoms with Crippen molar-refractivity contribution >= 4 is 34.8 Å². The van der Waals surface area contributed by atoms with Crippen LogP contribution in [0.15, 0.2) is 69.8 Å². The molecule has 0 fully saturated rings. The standard InChI is InChI=1S/C15H12ClN3O2/c1-21-15(20)14(17-12-9-7-11(16)8-10-12)19-18-13-5-3-2-4-6-13/h2-10H,1H3. The highest BCUT2D eigenvalue weighted by atomic mass is 35.5. The second-order valence-corrected chi connectivity index (χ2v) is 4.38. The largest absolute Gasteiger partial charge is 0.463 e. The Bertz CT molecular complexity index is 667. The molecule has 0 aliphatic carbocycles. The van der Waals surface area contributed by atoms with E-state index in [-0.39, 0.29) is 5.84 Å². The Morgan fingerprint density at radius 1 is 1.00 bits per heavy atom. The van der Waals surface area contributed by atoms with Crippen LogP contribution in [-0.4, -0.2) is 18.9 Å². The second-order valence-electron chi connectivity index (χ2n) is 3.94. The molecule has 0 aliphatic rings. The smallest absolute Gasteiger partial charge is 0.378 e. The van der Waals surface area contributed by atoms with E-state index in [1.165, 1.54) is 7.11 Å². The molecule has 106 valence electrons. The molecule has 0 saturated carbocycles. The van der Waals surface area contributed by atoms with E-state index in [1.807, 2.05) is 18.2 Å². The number of amidine groups is 1. The van der Waals surface area contributed by atoms with Crippen molar-refractivity contribution in [2.45, 2.75) is 0 Å². The average molecular weight is 302 g/mol. The van der Waals surface area contributed by atoms with Gasteiger partial charge in [0.1, 0.15) is 0 Å². The molecule has 0 amide bonds. The first-order chi connectivity index (χ1) is 10.2. The van der Waals surface area contributed by atoms with Crippen LogP contribution in [0.25, 0.3) is 0 Å². The van der Waals surface area contributed by atoms with E-state index in [9.17, 15) is 4.79 Å². The van der Waals surface area contributed by atoms with Crippen molar-refractivity contribution < 1.29 is 9.53 Å². The Morgan fingerprint density at radius 3 is 2.29 bits per heavy atom. The predicted molar refractivity (Wildman–Crippen MR) is 81.5 cm³/mol.